The Kier molecular flexibility index (Phi) is 6.20. The molecular weight excluding hydrogens is 543 g/mol. The standard InChI is InChI=1S/C23H30ClIN4O3/c24-18-11-15(1-2-16(18)17-3-4-20(30)27-21(17)31)28-9-10-29(19(25)12-28)13-23-7-5-22(26,6-8-23)14-32-23/h1-2,11,17,19H,3-10,12-14,26H2,(H,27,30,31)/t17?,19-,22?,23?/m0/s1. The van der Waals surface area contributed by atoms with Gasteiger partial charge in [-0.25, -0.2) is 0 Å². The summed E-state index contributed by atoms with van der Waals surface area (Å²) in [7, 11) is 0. The number of anilines is 1. The maximum atomic E-state index is 12.2. The number of carbonyl (C=O) groups excluding carboxylic acids is 2. The van der Waals surface area contributed by atoms with E-state index < -0.39 is 0 Å². The van der Waals surface area contributed by atoms with Crippen LogP contribution in [-0.2, 0) is 14.3 Å². The molecule has 0 spiro atoms. The summed E-state index contributed by atoms with van der Waals surface area (Å²) in [6.45, 7) is 4.46. The highest BCUT2D eigenvalue weighted by atomic mass is 127. The molecule has 4 heterocycles. The van der Waals surface area contributed by atoms with Crippen molar-refractivity contribution >= 4 is 51.7 Å². The predicted molar refractivity (Wildman–Crippen MR) is 132 cm³/mol. The fraction of sp³-hybridized carbons (Fsp3) is 0.652. The summed E-state index contributed by atoms with van der Waals surface area (Å²) in [6.07, 6.45) is 5.11. The summed E-state index contributed by atoms with van der Waals surface area (Å²) in [5, 5.41) is 3.01. The Morgan fingerprint density at radius 1 is 1.22 bits per heavy atom. The lowest BCUT2D eigenvalue weighted by Crippen LogP contribution is -2.64. The summed E-state index contributed by atoms with van der Waals surface area (Å²) >= 11 is 9.14. The van der Waals surface area contributed by atoms with Crippen LogP contribution in [0.4, 0.5) is 5.69 Å². The zero-order valence-electron chi connectivity index (χ0n) is 18.1. The molecule has 1 aromatic carbocycles. The highest BCUT2D eigenvalue weighted by Crippen LogP contribution is 2.43. The van der Waals surface area contributed by atoms with Crippen LogP contribution in [0, 0.1) is 0 Å². The van der Waals surface area contributed by atoms with Crippen molar-refractivity contribution in [1.29, 1.82) is 0 Å². The van der Waals surface area contributed by atoms with Gasteiger partial charge in [0.25, 0.3) is 0 Å². The minimum atomic E-state index is -0.360. The van der Waals surface area contributed by atoms with E-state index in [2.05, 4.69) is 43.8 Å². The SMILES string of the molecule is NC12CCC(CN3CCN(c4ccc(C5CCC(=O)NC5=O)c(Cl)c4)C[C@H]3I)(CC1)OC2. The van der Waals surface area contributed by atoms with E-state index in [1.54, 1.807) is 0 Å². The molecule has 1 aliphatic carbocycles. The number of nitrogens with one attached hydrogen (secondary N) is 1. The largest absolute Gasteiger partial charge is 0.372 e. The summed E-state index contributed by atoms with van der Waals surface area (Å²) < 4.78 is 6.65. The summed E-state index contributed by atoms with van der Waals surface area (Å²) in [4.78, 5) is 28.6. The quantitative estimate of drug-likeness (QED) is 0.250. The molecule has 9 heteroatoms. The number of hydrogen-bond donors (Lipinski definition) is 2. The Hall–Kier alpha value is -0.940. The molecule has 1 saturated carbocycles. The van der Waals surface area contributed by atoms with Gasteiger partial charge in [0, 0.05) is 48.8 Å². The van der Waals surface area contributed by atoms with Crippen LogP contribution in [0.1, 0.15) is 50.0 Å². The van der Waals surface area contributed by atoms with E-state index in [1.807, 2.05) is 12.1 Å². The third-order valence-corrected chi connectivity index (χ3v) is 9.21. The Morgan fingerprint density at radius 2 is 2.00 bits per heavy atom. The molecule has 2 atom stereocenters. The number of hydrogen-bond acceptors (Lipinski definition) is 6. The second-order valence-electron chi connectivity index (χ2n) is 9.89. The Bertz CT molecular complexity index is 904. The molecular formula is C23H30ClIN4O3. The van der Waals surface area contributed by atoms with E-state index in [0.29, 0.717) is 28.5 Å². The first-order chi connectivity index (χ1) is 15.3. The first kappa shape index (κ1) is 22.8. The Labute approximate surface area is 207 Å². The molecule has 0 radical (unpaired) electrons. The monoisotopic (exact) mass is 572 g/mol. The number of ether oxygens (including phenoxy) is 1. The maximum absolute atomic E-state index is 12.2. The van der Waals surface area contributed by atoms with Gasteiger partial charge in [-0.2, -0.15) is 0 Å². The molecule has 1 unspecified atom stereocenters. The van der Waals surface area contributed by atoms with E-state index in [9.17, 15) is 9.59 Å². The van der Waals surface area contributed by atoms with Crippen molar-refractivity contribution < 1.29 is 14.3 Å². The van der Waals surface area contributed by atoms with Crippen molar-refractivity contribution in [2.75, 3.05) is 37.7 Å². The second kappa shape index (κ2) is 8.69. The number of alkyl halides is 1. The molecule has 4 aliphatic heterocycles. The molecule has 7 nitrogen and oxygen atoms in total. The van der Waals surface area contributed by atoms with E-state index in [-0.39, 0.29) is 28.9 Å². The van der Waals surface area contributed by atoms with Crippen LogP contribution in [0.15, 0.2) is 18.2 Å². The van der Waals surface area contributed by atoms with Gasteiger partial charge in [0.2, 0.25) is 11.8 Å². The molecule has 32 heavy (non-hydrogen) atoms. The van der Waals surface area contributed by atoms with Crippen LogP contribution >= 0.6 is 34.2 Å². The molecule has 5 aliphatic rings. The predicted octanol–water partition coefficient (Wildman–Crippen LogP) is 2.78. The van der Waals surface area contributed by atoms with E-state index >= 15 is 0 Å². The number of halogens is 2. The fourth-order valence-electron chi connectivity index (χ4n) is 5.54. The minimum absolute atomic E-state index is 0.0282. The van der Waals surface area contributed by atoms with Gasteiger partial charge >= 0.3 is 0 Å². The molecule has 174 valence electrons. The van der Waals surface area contributed by atoms with Gasteiger partial charge in [-0.1, -0.05) is 40.3 Å². The van der Waals surface area contributed by atoms with E-state index in [4.69, 9.17) is 22.1 Å². The second-order valence-corrected chi connectivity index (χ2v) is 11.7. The molecule has 6 rings (SSSR count). The minimum Gasteiger partial charge on any atom is -0.372 e. The van der Waals surface area contributed by atoms with Crippen LogP contribution in [0.3, 0.4) is 0 Å². The smallest absolute Gasteiger partial charge is 0.234 e. The number of fused-ring (bicyclic) bond motifs is 3. The van der Waals surface area contributed by atoms with Crippen LogP contribution < -0.4 is 16.0 Å². The van der Waals surface area contributed by atoms with Gasteiger partial charge in [-0.15, -0.1) is 0 Å². The highest BCUT2D eigenvalue weighted by molar-refractivity contribution is 14.1. The van der Waals surface area contributed by atoms with Crippen LogP contribution in [-0.4, -0.2) is 64.7 Å². The highest BCUT2D eigenvalue weighted by Gasteiger charge is 2.49. The van der Waals surface area contributed by atoms with Crippen LogP contribution in [0.25, 0.3) is 0 Å². The molecule has 5 fully saturated rings. The summed E-state index contributed by atoms with van der Waals surface area (Å²) in [5.41, 5.74) is 8.14. The number of amides is 2. The van der Waals surface area contributed by atoms with Crippen molar-refractivity contribution in [3.63, 3.8) is 0 Å². The lowest BCUT2D eigenvalue weighted by molar-refractivity contribution is -0.163. The number of nitrogens with zero attached hydrogens (tertiary/aromatic N) is 2. The van der Waals surface area contributed by atoms with Crippen LogP contribution in [0.2, 0.25) is 5.02 Å². The first-order valence-corrected chi connectivity index (χ1v) is 13.1. The average Bonchev–Trinajstić information content (AvgIpc) is 2.77. The maximum Gasteiger partial charge on any atom is 0.234 e. The molecule has 2 bridgehead atoms. The van der Waals surface area contributed by atoms with Gasteiger partial charge in [0.15, 0.2) is 0 Å². The molecule has 2 amide bonds. The number of benzene rings is 1. The topological polar surface area (TPSA) is 87.9 Å². The van der Waals surface area contributed by atoms with Crippen molar-refractivity contribution in [2.24, 2.45) is 5.73 Å². The Balaban J connectivity index is 1.22. The average molecular weight is 573 g/mol. The zero-order valence-corrected chi connectivity index (χ0v) is 21.0. The third-order valence-electron chi connectivity index (χ3n) is 7.70. The van der Waals surface area contributed by atoms with Crippen molar-refractivity contribution in [3.05, 3.63) is 28.8 Å². The van der Waals surface area contributed by atoms with Gasteiger partial charge in [0.1, 0.15) is 0 Å². The summed E-state index contributed by atoms with van der Waals surface area (Å²) in [6, 6.07) is 5.96. The molecule has 4 saturated heterocycles. The first-order valence-electron chi connectivity index (χ1n) is 11.5. The number of piperidine rings is 1. The number of imide groups is 1. The lowest BCUT2D eigenvalue weighted by Gasteiger charge is -2.54. The number of carbonyl (C=O) groups is 2. The van der Waals surface area contributed by atoms with Gasteiger partial charge < -0.3 is 15.4 Å². The van der Waals surface area contributed by atoms with Crippen molar-refractivity contribution in [1.82, 2.24) is 10.2 Å². The van der Waals surface area contributed by atoms with Gasteiger partial charge in [-0.3, -0.25) is 19.8 Å². The molecule has 3 N–H and O–H groups in total. The van der Waals surface area contributed by atoms with E-state index in [1.165, 1.54) is 0 Å². The van der Waals surface area contributed by atoms with Crippen LogP contribution in [0.5, 0.6) is 0 Å². The lowest BCUT2D eigenvalue weighted by atomic mass is 9.71. The van der Waals surface area contributed by atoms with Crippen molar-refractivity contribution in [3.8, 4) is 0 Å². The molecule has 1 aromatic rings. The Morgan fingerprint density at radius 3 is 2.62 bits per heavy atom. The fourth-order valence-corrected chi connectivity index (χ4v) is 6.80. The van der Waals surface area contributed by atoms with E-state index in [0.717, 1.165) is 63.1 Å². The number of nitrogens with two attached hydrogens (primary N) is 1. The van der Waals surface area contributed by atoms with Gasteiger partial charge in [-0.05, 0) is 49.8 Å². The summed E-state index contributed by atoms with van der Waals surface area (Å²) in [5.74, 6) is -0.824. The van der Waals surface area contributed by atoms with Gasteiger partial charge in [0.05, 0.1) is 22.2 Å². The normalized spacial score (nSPS) is 35.8. The number of rotatable bonds is 4. The van der Waals surface area contributed by atoms with Crippen molar-refractivity contribution in [2.45, 2.75) is 59.6 Å². The third kappa shape index (κ3) is 4.41. The molecule has 0 aromatic heterocycles. The number of piperazine rings is 1. The zero-order chi connectivity index (χ0) is 22.5.